The summed E-state index contributed by atoms with van der Waals surface area (Å²) in [6.45, 7) is 5.45. The molecule has 0 N–H and O–H groups in total. The Hall–Kier alpha value is -3.01. The molecule has 0 atom stereocenters. The summed E-state index contributed by atoms with van der Waals surface area (Å²) in [7, 11) is 0. The lowest BCUT2D eigenvalue weighted by atomic mass is 10.1. The van der Waals surface area contributed by atoms with E-state index in [4.69, 9.17) is 10.00 Å². The van der Waals surface area contributed by atoms with Gasteiger partial charge in [0.2, 0.25) is 0 Å². The smallest absolute Gasteiger partial charge is 0.418 e. The molecule has 0 aliphatic carbocycles. The summed E-state index contributed by atoms with van der Waals surface area (Å²) in [6.07, 6.45) is -1.71. The summed E-state index contributed by atoms with van der Waals surface area (Å²) in [5.74, 6) is -0.851. The van der Waals surface area contributed by atoms with Crippen molar-refractivity contribution in [2.75, 3.05) is 6.61 Å². The summed E-state index contributed by atoms with van der Waals surface area (Å²) < 4.78 is 46.5. The molecule has 0 radical (unpaired) electrons. The van der Waals surface area contributed by atoms with E-state index >= 15 is 0 Å². The molecule has 0 saturated heterocycles. The van der Waals surface area contributed by atoms with E-state index in [-0.39, 0.29) is 23.8 Å². The Morgan fingerprint density at radius 2 is 2.00 bits per heavy atom. The first-order chi connectivity index (χ1) is 12.7. The summed E-state index contributed by atoms with van der Waals surface area (Å²) in [4.78, 5) is 11.8. The van der Waals surface area contributed by atoms with Crippen molar-refractivity contribution < 1.29 is 22.7 Å². The van der Waals surface area contributed by atoms with E-state index in [0.717, 1.165) is 6.07 Å². The predicted molar refractivity (Wildman–Crippen MR) is 95.1 cm³/mol. The molecule has 0 aliphatic heterocycles. The first-order valence-corrected chi connectivity index (χ1v) is 8.36. The molecule has 2 rings (SSSR count). The van der Waals surface area contributed by atoms with Crippen LogP contribution in [0.15, 0.2) is 42.1 Å². The molecule has 0 amide bonds. The van der Waals surface area contributed by atoms with Gasteiger partial charge >= 0.3 is 12.1 Å². The van der Waals surface area contributed by atoms with Crippen molar-refractivity contribution in [1.82, 2.24) is 4.57 Å². The second-order valence-corrected chi connectivity index (χ2v) is 6.13. The fourth-order valence-electron chi connectivity index (χ4n) is 2.67. The van der Waals surface area contributed by atoms with Gasteiger partial charge in [-0.25, -0.2) is 4.79 Å². The average molecular weight is 376 g/mol. The number of benzene rings is 1. The summed E-state index contributed by atoms with van der Waals surface area (Å²) >= 11 is 0. The normalized spacial score (nSPS) is 12.1. The number of para-hydroxylation sites is 1. The Morgan fingerprint density at radius 3 is 2.56 bits per heavy atom. The second-order valence-electron chi connectivity index (χ2n) is 6.13. The van der Waals surface area contributed by atoms with Crippen molar-refractivity contribution in [1.29, 1.82) is 5.26 Å². The molecule has 1 aromatic carbocycles. The standard InChI is InChI=1S/C20H19F3N2O2/c1-4-27-19(26)15(11-24)9-14-10-18(13(2)3)25(12-14)17-8-6-5-7-16(17)20(21,22)23/h5-10,12-13H,4H2,1-3H3/b15-9+. The van der Waals surface area contributed by atoms with Crippen LogP contribution in [-0.4, -0.2) is 17.1 Å². The third-order valence-corrected chi connectivity index (χ3v) is 3.86. The number of aromatic nitrogens is 1. The lowest BCUT2D eigenvalue weighted by Crippen LogP contribution is -2.12. The average Bonchev–Trinajstić information content (AvgIpc) is 3.03. The molecular weight excluding hydrogens is 357 g/mol. The Morgan fingerprint density at radius 1 is 1.33 bits per heavy atom. The number of carbonyl (C=O) groups is 1. The predicted octanol–water partition coefficient (Wildman–Crippen LogP) is 5.09. The number of ether oxygens (including phenoxy) is 1. The van der Waals surface area contributed by atoms with Crippen LogP contribution in [0.1, 0.15) is 43.5 Å². The first kappa shape index (κ1) is 20.3. The van der Waals surface area contributed by atoms with Gasteiger partial charge in [0.05, 0.1) is 17.9 Å². The summed E-state index contributed by atoms with van der Waals surface area (Å²) in [5, 5.41) is 9.16. The van der Waals surface area contributed by atoms with Gasteiger partial charge in [-0.2, -0.15) is 18.4 Å². The van der Waals surface area contributed by atoms with Crippen LogP contribution in [0.5, 0.6) is 0 Å². The second kappa shape index (κ2) is 8.12. The quantitative estimate of drug-likeness (QED) is 0.415. The van der Waals surface area contributed by atoms with Crippen molar-refractivity contribution >= 4 is 12.0 Å². The van der Waals surface area contributed by atoms with Gasteiger partial charge in [0, 0.05) is 11.9 Å². The zero-order valence-electron chi connectivity index (χ0n) is 15.2. The molecule has 7 heteroatoms. The van der Waals surface area contributed by atoms with Gasteiger partial charge in [-0.15, -0.1) is 0 Å². The number of rotatable bonds is 5. The molecule has 2 aromatic rings. The number of halogens is 3. The molecule has 0 spiro atoms. The van der Waals surface area contributed by atoms with Gasteiger partial charge in [0.25, 0.3) is 0 Å². The number of nitrogens with zero attached hydrogens (tertiary/aromatic N) is 2. The topological polar surface area (TPSA) is 55.0 Å². The number of carbonyl (C=O) groups excluding carboxylic acids is 1. The maximum Gasteiger partial charge on any atom is 0.418 e. The van der Waals surface area contributed by atoms with E-state index in [2.05, 4.69) is 0 Å². The lowest BCUT2D eigenvalue weighted by molar-refractivity contribution is -0.138. The SMILES string of the molecule is CCOC(=O)/C(C#N)=C/c1cc(C(C)C)n(-c2ccccc2C(F)(F)F)c1. The van der Waals surface area contributed by atoms with Gasteiger partial charge in [-0.05, 0) is 42.7 Å². The van der Waals surface area contributed by atoms with Crippen LogP contribution in [-0.2, 0) is 15.7 Å². The van der Waals surface area contributed by atoms with Gasteiger partial charge in [-0.1, -0.05) is 26.0 Å². The maximum absolute atomic E-state index is 13.4. The zero-order chi connectivity index (χ0) is 20.2. The number of hydrogen-bond acceptors (Lipinski definition) is 3. The molecule has 4 nitrogen and oxygen atoms in total. The van der Waals surface area contributed by atoms with Crippen LogP contribution in [0, 0.1) is 11.3 Å². The first-order valence-electron chi connectivity index (χ1n) is 8.36. The molecule has 0 aliphatic rings. The zero-order valence-corrected chi connectivity index (χ0v) is 15.2. The number of esters is 1. The van der Waals surface area contributed by atoms with E-state index in [0.29, 0.717) is 11.3 Å². The lowest BCUT2D eigenvalue weighted by Gasteiger charge is -2.17. The molecule has 1 aromatic heterocycles. The molecule has 27 heavy (non-hydrogen) atoms. The highest BCUT2D eigenvalue weighted by atomic mass is 19.4. The van der Waals surface area contributed by atoms with Gasteiger partial charge in [0.1, 0.15) is 11.6 Å². The van der Waals surface area contributed by atoms with Crippen LogP contribution in [0.2, 0.25) is 0 Å². The molecule has 0 fully saturated rings. The highest BCUT2D eigenvalue weighted by Crippen LogP contribution is 2.35. The van der Waals surface area contributed by atoms with E-state index in [1.165, 1.54) is 35.0 Å². The van der Waals surface area contributed by atoms with Crippen LogP contribution in [0.25, 0.3) is 11.8 Å². The van der Waals surface area contributed by atoms with Gasteiger partial charge in [-0.3, -0.25) is 0 Å². The summed E-state index contributed by atoms with van der Waals surface area (Å²) in [6, 6.07) is 8.70. The van der Waals surface area contributed by atoms with Gasteiger partial charge in [0.15, 0.2) is 0 Å². The number of alkyl halides is 3. The largest absolute Gasteiger partial charge is 0.462 e. The molecule has 0 unspecified atom stereocenters. The highest BCUT2D eigenvalue weighted by molar-refractivity contribution is 5.97. The maximum atomic E-state index is 13.4. The highest BCUT2D eigenvalue weighted by Gasteiger charge is 2.34. The van der Waals surface area contributed by atoms with Crippen molar-refractivity contribution in [3.8, 4) is 11.8 Å². The number of hydrogen-bond donors (Lipinski definition) is 0. The van der Waals surface area contributed by atoms with E-state index in [1.807, 2.05) is 13.8 Å². The Labute approximate surface area is 155 Å². The Balaban J connectivity index is 2.62. The third-order valence-electron chi connectivity index (χ3n) is 3.86. The van der Waals surface area contributed by atoms with Gasteiger partial charge < -0.3 is 9.30 Å². The Bertz CT molecular complexity index is 903. The minimum Gasteiger partial charge on any atom is -0.462 e. The minimum absolute atomic E-state index is 0.0111. The fourth-order valence-corrected chi connectivity index (χ4v) is 2.67. The molecular formula is C20H19F3N2O2. The third kappa shape index (κ3) is 4.59. The van der Waals surface area contributed by atoms with Crippen molar-refractivity contribution in [2.45, 2.75) is 32.9 Å². The van der Waals surface area contributed by atoms with Crippen molar-refractivity contribution in [3.05, 3.63) is 58.9 Å². The van der Waals surface area contributed by atoms with E-state index in [9.17, 15) is 18.0 Å². The van der Waals surface area contributed by atoms with E-state index in [1.54, 1.807) is 19.1 Å². The molecule has 0 bridgehead atoms. The molecule has 1 heterocycles. The van der Waals surface area contributed by atoms with Crippen LogP contribution in [0.3, 0.4) is 0 Å². The fraction of sp³-hybridized carbons (Fsp3) is 0.300. The monoisotopic (exact) mass is 376 g/mol. The van der Waals surface area contributed by atoms with Crippen LogP contribution < -0.4 is 0 Å². The van der Waals surface area contributed by atoms with E-state index < -0.39 is 17.7 Å². The molecule has 0 saturated carbocycles. The number of nitriles is 1. The van der Waals surface area contributed by atoms with Crippen LogP contribution in [0.4, 0.5) is 13.2 Å². The van der Waals surface area contributed by atoms with Crippen molar-refractivity contribution in [3.63, 3.8) is 0 Å². The van der Waals surface area contributed by atoms with Crippen LogP contribution >= 0.6 is 0 Å². The van der Waals surface area contributed by atoms with Crippen molar-refractivity contribution in [2.24, 2.45) is 0 Å². The Kier molecular flexibility index (Phi) is 6.11. The summed E-state index contributed by atoms with van der Waals surface area (Å²) in [5.41, 5.74) is 0.0831. The minimum atomic E-state index is -4.51. The molecule has 142 valence electrons.